The van der Waals surface area contributed by atoms with Crippen molar-refractivity contribution >= 4 is 29.6 Å². The number of carbonyl (C=O) groups is 4. The molecule has 1 aromatic rings. The van der Waals surface area contributed by atoms with E-state index in [0.29, 0.717) is 11.3 Å². The summed E-state index contributed by atoms with van der Waals surface area (Å²) in [6.45, 7) is 3.14. The van der Waals surface area contributed by atoms with Gasteiger partial charge in [0.1, 0.15) is 12.6 Å². The third kappa shape index (κ3) is 4.34. The van der Waals surface area contributed by atoms with E-state index in [1.54, 1.807) is 38.1 Å². The molecule has 0 bridgehead atoms. The van der Waals surface area contributed by atoms with Gasteiger partial charge in [-0.2, -0.15) is 0 Å². The molecule has 1 heterocycles. The van der Waals surface area contributed by atoms with E-state index >= 15 is 0 Å². The first-order chi connectivity index (χ1) is 11.8. The third-order valence-electron chi connectivity index (χ3n) is 3.85. The Bertz CT molecular complexity index is 684. The number of carbonyl (C=O) groups excluding carboxylic acids is 3. The van der Waals surface area contributed by atoms with Crippen molar-refractivity contribution in [2.75, 3.05) is 4.90 Å². The number of hydrogen-bond acceptors (Lipinski definition) is 5. The number of rotatable bonds is 6. The summed E-state index contributed by atoms with van der Waals surface area (Å²) in [5.74, 6) is -2.06. The predicted molar refractivity (Wildman–Crippen MR) is 87.8 cm³/mol. The topological polar surface area (TPSA) is 113 Å². The molecule has 25 heavy (non-hydrogen) atoms. The zero-order chi connectivity index (χ0) is 18.6. The maximum Gasteiger partial charge on any atom is 0.408 e. The van der Waals surface area contributed by atoms with Gasteiger partial charge in [0.15, 0.2) is 0 Å². The highest BCUT2D eigenvalue weighted by molar-refractivity contribution is 6.20. The number of para-hydroxylation sites is 1. The summed E-state index contributed by atoms with van der Waals surface area (Å²) in [6.07, 6.45) is -0.568. The number of anilines is 1. The molecule has 1 aliphatic heterocycles. The highest BCUT2D eigenvalue weighted by Gasteiger charge is 2.32. The minimum absolute atomic E-state index is 0.156. The smallest absolute Gasteiger partial charge is 0.408 e. The van der Waals surface area contributed by atoms with Crippen LogP contribution in [0.3, 0.4) is 0 Å². The number of aliphatic carboxylic acids is 1. The average molecular weight is 348 g/mol. The highest BCUT2D eigenvalue weighted by Crippen LogP contribution is 2.26. The average Bonchev–Trinajstić information content (AvgIpc) is 2.89. The molecule has 8 nitrogen and oxygen atoms in total. The normalized spacial score (nSPS) is 15.4. The number of carboxylic acids is 1. The molecular weight excluding hydrogens is 328 g/mol. The largest absolute Gasteiger partial charge is 0.480 e. The van der Waals surface area contributed by atoms with Crippen LogP contribution in [0.25, 0.3) is 0 Å². The monoisotopic (exact) mass is 348 g/mol. The number of ether oxygens (including phenoxy) is 1. The zero-order valence-corrected chi connectivity index (χ0v) is 14.0. The molecule has 1 atom stereocenters. The van der Waals surface area contributed by atoms with E-state index in [9.17, 15) is 19.2 Å². The minimum atomic E-state index is -1.15. The SMILES string of the molecule is CC(C)[C@H](NC(=O)OCc1ccccc1N1C(=O)CCC1=O)C(=O)O. The number of nitrogens with one attached hydrogen (secondary N) is 1. The molecule has 1 aromatic carbocycles. The Balaban J connectivity index is 2.06. The molecule has 0 unspecified atom stereocenters. The molecule has 0 saturated carbocycles. The van der Waals surface area contributed by atoms with E-state index in [1.165, 1.54) is 0 Å². The lowest BCUT2D eigenvalue weighted by molar-refractivity contribution is -0.140. The van der Waals surface area contributed by atoms with Gasteiger partial charge in [-0.05, 0) is 12.0 Å². The van der Waals surface area contributed by atoms with Gasteiger partial charge in [0.2, 0.25) is 11.8 Å². The number of imide groups is 1. The van der Waals surface area contributed by atoms with Gasteiger partial charge in [0, 0.05) is 18.4 Å². The van der Waals surface area contributed by atoms with Crippen LogP contribution < -0.4 is 10.2 Å². The summed E-state index contributed by atoms with van der Waals surface area (Å²) in [7, 11) is 0. The summed E-state index contributed by atoms with van der Waals surface area (Å²) in [5, 5.41) is 11.4. The van der Waals surface area contributed by atoms with Crippen molar-refractivity contribution in [3.8, 4) is 0 Å². The van der Waals surface area contributed by atoms with Crippen LogP contribution in [0.5, 0.6) is 0 Å². The summed E-state index contributed by atoms with van der Waals surface area (Å²) in [6, 6.07) is 5.55. The molecule has 8 heteroatoms. The lowest BCUT2D eigenvalue weighted by Crippen LogP contribution is -2.44. The quantitative estimate of drug-likeness (QED) is 0.756. The summed E-state index contributed by atoms with van der Waals surface area (Å²) in [5.41, 5.74) is 0.860. The van der Waals surface area contributed by atoms with E-state index in [1.807, 2.05) is 0 Å². The lowest BCUT2D eigenvalue weighted by Gasteiger charge is -2.20. The van der Waals surface area contributed by atoms with Crippen LogP contribution in [0, 0.1) is 5.92 Å². The first-order valence-electron chi connectivity index (χ1n) is 7.91. The van der Waals surface area contributed by atoms with Gasteiger partial charge in [-0.25, -0.2) is 9.59 Å². The molecule has 0 spiro atoms. The first-order valence-corrected chi connectivity index (χ1v) is 7.91. The van der Waals surface area contributed by atoms with Gasteiger partial charge in [-0.15, -0.1) is 0 Å². The molecule has 0 aromatic heterocycles. The van der Waals surface area contributed by atoms with E-state index in [0.717, 1.165) is 4.90 Å². The lowest BCUT2D eigenvalue weighted by atomic mass is 10.1. The fourth-order valence-electron chi connectivity index (χ4n) is 2.52. The van der Waals surface area contributed by atoms with Crippen molar-refractivity contribution in [3.63, 3.8) is 0 Å². The summed E-state index contributed by atoms with van der Waals surface area (Å²) in [4.78, 5) is 47.8. The van der Waals surface area contributed by atoms with Crippen molar-refractivity contribution in [2.24, 2.45) is 5.92 Å². The number of nitrogens with zero attached hydrogens (tertiary/aromatic N) is 1. The van der Waals surface area contributed by atoms with E-state index in [2.05, 4.69) is 5.32 Å². The van der Waals surface area contributed by atoms with Crippen LogP contribution in [0.2, 0.25) is 0 Å². The van der Waals surface area contributed by atoms with Crippen molar-refractivity contribution in [1.29, 1.82) is 0 Å². The Hall–Kier alpha value is -2.90. The minimum Gasteiger partial charge on any atom is -0.480 e. The van der Waals surface area contributed by atoms with Crippen LogP contribution in [0.4, 0.5) is 10.5 Å². The van der Waals surface area contributed by atoms with Crippen LogP contribution in [-0.4, -0.2) is 35.0 Å². The zero-order valence-electron chi connectivity index (χ0n) is 14.0. The van der Waals surface area contributed by atoms with Gasteiger partial charge in [-0.3, -0.25) is 14.5 Å². The second-order valence-electron chi connectivity index (χ2n) is 6.03. The Kier molecular flexibility index (Phi) is 5.74. The molecule has 1 fully saturated rings. The van der Waals surface area contributed by atoms with Crippen LogP contribution in [-0.2, 0) is 25.7 Å². The Morgan fingerprint density at radius 3 is 2.36 bits per heavy atom. The molecule has 1 saturated heterocycles. The summed E-state index contributed by atoms with van der Waals surface area (Å²) >= 11 is 0. The second-order valence-corrected chi connectivity index (χ2v) is 6.03. The van der Waals surface area contributed by atoms with E-state index in [-0.39, 0.29) is 37.2 Å². The molecule has 0 radical (unpaired) electrons. The Morgan fingerprint density at radius 2 is 1.80 bits per heavy atom. The van der Waals surface area contributed by atoms with E-state index in [4.69, 9.17) is 9.84 Å². The van der Waals surface area contributed by atoms with Crippen molar-refractivity contribution in [1.82, 2.24) is 5.32 Å². The third-order valence-corrected chi connectivity index (χ3v) is 3.85. The standard InChI is InChI=1S/C17H20N2O6/c1-10(2)15(16(22)23)18-17(24)25-9-11-5-3-4-6-12(11)19-13(20)7-8-14(19)21/h3-6,10,15H,7-9H2,1-2H3,(H,18,24)(H,22,23)/t15-/m0/s1. The Morgan fingerprint density at radius 1 is 1.20 bits per heavy atom. The van der Waals surface area contributed by atoms with Crippen LogP contribution in [0.15, 0.2) is 24.3 Å². The molecule has 2 rings (SSSR count). The molecule has 3 amide bonds. The highest BCUT2D eigenvalue weighted by atomic mass is 16.5. The number of amides is 3. The number of hydrogen-bond donors (Lipinski definition) is 2. The second kappa shape index (κ2) is 7.78. The van der Waals surface area contributed by atoms with E-state index < -0.39 is 18.1 Å². The van der Waals surface area contributed by atoms with Gasteiger partial charge < -0.3 is 15.2 Å². The first kappa shape index (κ1) is 18.4. The molecule has 134 valence electrons. The Labute approximate surface area is 144 Å². The summed E-state index contributed by atoms with van der Waals surface area (Å²) < 4.78 is 5.07. The maximum absolute atomic E-state index is 11.9. The number of benzene rings is 1. The van der Waals surface area contributed by atoms with Crippen LogP contribution in [0.1, 0.15) is 32.3 Å². The molecule has 0 aliphatic carbocycles. The van der Waals surface area contributed by atoms with Gasteiger partial charge in [-0.1, -0.05) is 32.0 Å². The van der Waals surface area contributed by atoms with Gasteiger partial charge in [0.25, 0.3) is 0 Å². The van der Waals surface area contributed by atoms with Crippen molar-refractivity contribution < 1.29 is 29.0 Å². The number of alkyl carbamates (subject to hydrolysis) is 1. The van der Waals surface area contributed by atoms with Gasteiger partial charge >= 0.3 is 12.1 Å². The van der Waals surface area contributed by atoms with Crippen molar-refractivity contribution in [2.45, 2.75) is 39.3 Å². The maximum atomic E-state index is 11.9. The molecule has 2 N–H and O–H groups in total. The fourth-order valence-corrected chi connectivity index (χ4v) is 2.52. The van der Waals surface area contributed by atoms with Crippen molar-refractivity contribution in [3.05, 3.63) is 29.8 Å². The van der Waals surface area contributed by atoms with Gasteiger partial charge in [0.05, 0.1) is 5.69 Å². The molecule has 1 aliphatic rings. The fraction of sp³-hybridized carbons (Fsp3) is 0.412. The van der Waals surface area contributed by atoms with Crippen LogP contribution >= 0.6 is 0 Å². The number of carboxylic acid groups (broad SMARTS) is 1. The molecular formula is C17H20N2O6. The predicted octanol–water partition coefficient (Wildman–Crippen LogP) is 1.68.